The highest BCUT2D eigenvalue weighted by atomic mass is 19.4. The average molecular weight is 479 g/mol. The van der Waals surface area contributed by atoms with Gasteiger partial charge in [0.2, 0.25) is 0 Å². The van der Waals surface area contributed by atoms with Crippen molar-refractivity contribution in [2.24, 2.45) is 0 Å². The maximum Gasteiger partial charge on any atom is 0.573 e. The van der Waals surface area contributed by atoms with Crippen molar-refractivity contribution in [3.63, 3.8) is 0 Å². The molecule has 0 aliphatic carbocycles. The number of benzene rings is 2. The number of aliphatic hydroxyl groups is 1. The quantitative estimate of drug-likeness (QED) is 0.574. The van der Waals surface area contributed by atoms with E-state index < -0.39 is 18.4 Å². The molecule has 2 atom stereocenters. The minimum absolute atomic E-state index is 0.290. The molecule has 0 saturated carbocycles. The number of aliphatic hydroxyl groups excluding tert-OH is 1. The molecule has 34 heavy (non-hydrogen) atoms. The summed E-state index contributed by atoms with van der Waals surface area (Å²) in [5.41, 5.74) is 1.33. The lowest BCUT2D eigenvalue weighted by molar-refractivity contribution is -0.275. The second-order valence-corrected chi connectivity index (χ2v) is 8.34. The Morgan fingerprint density at radius 2 is 1.76 bits per heavy atom. The predicted molar refractivity (Wildman–Crippen MR) is 123 cm³/mol. The third-order valence-electron chi connectivity index (χ3n) is 6.21. The molecule has 2 aromatic rings. The smallest absolute Gasteiger partial charge is 0.486 e. The summed E-state index contributed by atoms with van der Waals surface area (Å²) in [5.74, 6) is 0.673. The van der Waals surface area contributed by atoms with E-state index in [1.807, 2.05) is 18.2 Å². The minimum atomic E-state index is -4.80. The number of rotatable bonds is 8. The molecule has 2 aromatic carbocycles. The molecule has 0 aromatic heterocycles. The molecule has 0 amide bonds. The summed E-state index contributed by atoms with van der Waals surface area (Å²) >= 11 is 0. The molecule has 2 unspecified atom stereocenters. The number of hydrogen-bond acceptors (Lipinski definition) is 6. The maximum absolute atomic E-state index is 12.9. The van der Waals surface area contributed by atoms with E-state index >= 15 is 0 Å². The van der Waals surface area contributed by atoms with Gasteiger partial charge in [-0.2, -0.15) is 0 Å². The number of hydrogen-bond donors (Lipinski definition) is 1. The van der Waals surface area contributed by atoms with Gasteiger partial charge in [0, 0.05) is 37.7 Å². The molecule has 1 fully saturated rings. The Labute approximate surface area is 197 Å². The molecule has 2 aliphatic rings. The molecule has 0 spiro atoms. The van der Waals surface area contributed by atoms with Gasteiger partial charge in [-0.05, 0) is 31.2 Å². The average Bonchev–Trinajstić information content (AvgIpc) is 2.84. The molecule has 9 heteroatoms. The van der Waals surface area contributed by atoms with Crippen molar-refractivity contribution in [2.45, 2.75) is 24.8 Å². The van der Waals surface area contributed by atoms with Crippen molar-refractivity contribution >= 4 is 5.69 Å². The fraction of sp³-hybridized carbons (Fsp3) is 0.440. The van der Waals surface area contributed by atoms with E-state index in [4.69, 9.17) is 9.47 Å². The molecule has 4 rings (SSSR count). The number of para-hydroxylation sites is 2. The van der Waals surface area contributed by atoms with E-state index in [0.717, 1.165) is 43.4 Å². The molecule has 184 valence electrons. The molecular weight excluding hydrogens is 449 g/mol. The SMILES string of the molecule is C=CC(O)C(CCN1CCN(c2cccc3c2OCCO3)CC1)c1ccccc1OC(F)(F)F. The van der Waals surface area contributed by atoms with Gasteiger partial charge in [-0.3, -0.25) is 4.90 Å². The standard InChI is InChI=1S/C25H29F3N2O4/c1-2-21(31)18(19-6-3-4-8-22(19)34-25(26,27)28)10-11-29-12-14-30(15-13-29)20-7-5-9-23-24(20)33-17-16-32-23/h2-9,18,21,31H,1,10-17H2. The van der Waals surface area contributed by atoms with E-state index in [0.29, 0.717) is 31.7 Å². The fourth-order valence-corrected chi connectivity index (χ4v) is 4.52. The van der Waals surface area contributed by atoms with E-state index in [1.165, 1.54) is 18.2 Å². The molecule has 6 nitrogen and oxygen atoms in total. The van der Waals surface area contributed by atoms with E-state index in [-0.39, 0.29) is 5.75 Å². The third kappa shape index (κ3) is 5.77. The van der Waals surface area contributed by atoms with Crippen molar-refractivity contribution < 1.29 is 32.5 Å². The van der Waals surface area contributed by atoms with Gasteiger partial charge in [-0.1, -0.05) is 30.3 Å². The lowest BCUT2D eigenvalue weighted by atomic mass is 9.89. The van der Waals surface area contributed by atoms with Crippen molar-refractivity contribution in [3.05, 3.63) is 60.7 Å². The first-order valence-electron chi connectivity index (χ1n) is 11.4. The van der Waals surface area contributed by atoms with E-state index in [9.17, 15) is 18.3 Å². The highest BCUT2D eigenvalue weighted by molar-refractivity contribution is 5.65. The topological polar surface area (TPSA) is 54.4 Å². The number of ether oxygens (including phenoxy) is 3. The summed E-state index contributed by atoms with van der Waals surface area (Å²) in [6.45, 7) is 8.44. The Morgan fingerprint density at radius 1 is 1.03 bits per heavy atom. The van der Waals surface area contributed by atoms with Gasteiger partial charge in [0.25, 0.3) is 0 Å². The molecule has 1 saturated heterocycles. The van der Waals surface area contributed by atoms with E-state index in [1.54, 1.807) is 12.1 Å². The zero-order valence-corrected chi connectivity index (χ0v) is 18.8. The lowest BCUT2D eigenvalue weighted by Crippen LogP contribution is -2.47. The van der Waals surface area contributed by atoms with Crippen LogP contribution in [0.5, 0.6) is 17.2 Å². The predicted octanol–water partition coefficient (Wildman–Crippen LogP) is 4.20. The Bertz CT molecular complexity index is 977. The Kier molecular flexibility index (Phi) is 7.53. The fourth-order valence-electron chi connectivity index (χ4n) is 4.52. The highest BCUT2D eigenvalue weighted by Crippen LogP contribution is 2.40. The zero-order chi connectivity index (χ0) is 24.1. The molecular formula is C25H29F3N2O4. The van der Waals surface area contributed by atoms with E-state index in [2.05, 4.69) is 21.1 Å². The first-order valence-corrected chi connectivity index (χ1v) is 11.4. The number of nitrogens with zero attached hydrogens (tertiary/aromatic N) is 2. The summed E-state index contributed by atoms with van der Waals surface area (Å²) in [6, 6.07) is 11.9. The number of halogens is 3. The lowest BCUT2D eigenvalue weighted by Gasteiger charge is -2.38. The van der Waals surface area contributed by atoms with Gasteiger partial charge in [-0.15, -0.1) is 19.8 Å². The zero-order valence-electron chi connectivity index (χ0n) is 18.8. The Morgan fingerprint density at radius 3 is 2.50 bits per heavy atom. The largest absolute Gasteiger partial charge is 0.573 e. The minimum Gasteiger partial charge on any atom is -0.486 e. The summed E-state index contributed by atoms with van der Waals surface area (Å²) in [4.78, 5) is 4.51. The van der Waals surface area contributed by atoms with Crippen LogP contribution in [0.3, 0.4) is 0 Å². The van der Waals surface area contributed by atoms with Crippen molar-refractivity contribution in [1.29, 1.82) is 0 Å². The van der Waals surface area contributed by atoms with Crippen LogP contribution >= 0.6 is 0 Å². The van der Waals surface area contributed by atoms with Crippen molar-refractivity contribution in [2.75, 3.05) is 50.8 Å². The van der Waals surface area contributed by atoms with Crippen LogP contribution in [0.1, 0.15) is 17.9 Å². The first kappa shape index (κ1) is 24.2. The summed E-state index contributed by atoms with van der Waals surface area (Å²) in [6.07, 6.45) is -3.98. The van der Waals surface area contributed by atoms with Gasteiger partial charge < -0.3 is 24.2 Å². The second-order valence-electron chi connectivity index (χ2n) is 8.34. The molecule has 0 radical (unpaired) electrons. The molecule has 2 aliphatic heterocycles. The van der Waals surface area contributed by atoms with Crippen LogP contribution in [0, 0.1) is 0 Å². The van der Waals surface area contributed by atoms with Crippen molar-refractivity contribution in [3.8, 4) is 17.2 Å². The van der Waals surface area contributed by atoms with Crippen molar-refractivity contribution in [1.82, 2.24) is 4.90 Å². The Hall–Kier alpha value is -2.91. The highest BCUT2D eigenvalue weighted by Gasteiger charge is 2.34. The molecule has 0 bridgehead atoms. The van der Waals surface area contributed by atoms with Crippen LogP contribution in [-0.2, 0) is 0 Å². The van der Waals surface area contributed by atoms with Crippen LogP contribution < -0.4 is 19.1 Å². The molecule has 2 heterocycles. The number of fused-ring (bicyclic) bond motifs is 1. The normalized spacial score (nSPS) is 18.3. The van der Waals surface area contributed by atoms with Gasteiger partial charge >= 0.3 is 6.36 Å². The van der Waals surface area contributed by atoms with Crippen LogP contribution in [-0.4, -0.2) is 68.4 Å². The van der Waals surface area contributed by atoms with Crippen LogP contribution in [0.25, 0.3) is 0 Å². The number of piperazine rings is 1. The van der Waals surface area contributed by atoms with Gasteiger partial charge in [0.1, 0.15) is 19.0 Å². The van der Waals surface area contributed by atoms with Gasteiger partial charge in [0.15, 0.2) is 11.5 Å². The summed E-state index contributed by atoms with van der Waals surface area (Å²) in [7, 11) is 0. The summed E-state index contributed by atoms with van der Waals surface area (Å²) in [5, 5.41) is 10.5. The van der Waals surface area contributed by atoms with Gasteiger partial charge in [0.05, 0.1) is 11.8 Å². The number of anilines is 1. The second kappa shape index (κ2) is 10.6. The van der Waals surface area contributed by atoms with Crippen LogP contribution in [0.2, 0.25) is 0 Å². The third-order valence-corrected chi connectivity index (χ3v) is 6.21. The summed E-state index contributed by atoms with van der Waals surface area (Å²) < 4.78 is 54.4. The van der Waals surface area contributed by atoms with Crippen LogP contribution in [0.15, 0.2) is 55.1 Å². The number of alkyl halides is 3. The first-order chi connectivity index (χ1) is 16.4. The van der Waals surface area contributed by atoms with Crippen LogP contribution in [0.4, 0.5) is 18.9 Å². The molecule has 1 N–H and O–H groups in total. The monoisotopic (exact) mass is 478 g/mol. The Balaban J connectivity index is 1.40. The van der Waals surface area contributed by atoms with Gasteiger partial charge in [-0.25, -0.2) is 0 Å². The maximum atomic E-state index is 12.9.